The Morgan fingerprint density at radius 3 is 2.77 bits per heavy atom. The van der Waals surface area contributed by atoms with Crippen molar-refractivity contribution in [3.63, 3.8) is 0 Å². The first-order chi connectivity index (χ1) is 10.6. The van der Waals surface area contributed by atoms with Gasteiger partial charge in [-0.1, -0.05) is 16.5 Å². The SMILES string of the molecule is Cc1ccsc1-c1nnc2sc(Cc3c(C)noc3C)nn12. The number of hydrogen-bond acceptors (Lipinski definition) is 7. The smallest absolute Gasteiger partial charge is 0.235 e. The van der Waals surface area contributed by atoms with E-state index in [9.17, 15) is 0 Å². The van der Waals surface area contributed by atoms with Crippen LogP contribution in [0.3, 0.4) is 0 Å². The van der Waals surface area contributed by atoms with Gasteiger partial charge in [-0.15, -0.1) is 21.5 Å². The third kappa shape index (κ3) is 2.06. The molecule has 0 unspecified atom stereocenters. The standard InChI is InChI=1S/C14H13N5OS2/c1-7-4-5-21-12(7)13-15-16-14-19(13)17-11(22-14)6-10-8(2)18-20-9(10)3/h4-5H,6H2,1-3H3. The third-order valence-electron chi connectivity index (χ3n) is 3.61. The minimum Gasteiger partial charge on any atom is -0.361 e. The molecule has 0 N–H and O–H groups in total. The minimum absolute atomic E-state index is 0.706. The van der Waals surface area contributed by atoms with Gasteiger partial charge in [0.05, 0.1) is 10.6 Å². The van der Waals surface area contributed by atoms with E-state index in [0.717, 1.165) is 37.7 Å². The largest absolute Gasteiger partial charge is 0.361 e. The van der Waals surface area contributed by atoms with E-state index in [4.69, 9.17) is 4.52 Å². The zero-order chi connectivity index (χ0) is 15.3. The van der Waals surface area contributed by atoms with Crippen molar-refractivity contribution in [3.05, 3.63) is 39.0 Å². The molecule has 0 fully saturated rings. The Morgan fingerprint density at radius 2 is 2.09 bits per heavy atom. The van der Waals surface area contributed by atoms with Crippen LogP contribution in [0.1, 0.15) is 27.6 Å². The highest BCUT2D eigenvalue weighted by atomic mass is 32.1. The first-order valence-corrected chi connectivity index (χ1v) is 8.50. The Balaban J connectivity index is 1.76. The van der Waals surface area contributed by atoms with Crippen LogP contribution in [-0.2, 0) is 6.42 Å². The Bertz CT molecular complexity index is 942. The zero-order valence-electron chi connectivity index (χ0n) is 12.3. The second kappa shape index (κ2) is 4.99. The summed E-state index contributed by atoms with van der Waals surface area (Å²) in [6, 6.07) is 2.08. The maximum atomic E-state index is 5.22. The van der Waals surface area contributed by atoms with Gasteiger partial charge < -0.3 is 4.52 Å². The molecule has 0 atom stereocenters. The molecule has 0 aliphatic heterocycles. The van der Waals surface area contributed by atoms with E-state index in [1.165, 1.54) is 5.56 Å². The normalized spacial score (nSPS) is 11.6. The lowest BCUT2D eigenvalue weighted by molar-refractivity contribution is 0.392. The predicted octanol–water partition coefficient (Wildman–Crippen LogP) is 3.42. The number of rotatable bonds is 3. The van der Waals surface area contributed by atoms with Crippen LogP contribution >= 0.6 is 22.7 Å². The molecule has 22 heavy (non-hydrogen) atoms. The van der Waals surface area contributed by atoms with Crippen LogP contribution in [-0.4, -0.2) is 25.0 Å². The van der Waals surface area contributed by atoms with Gasteiger partial charge in [-0.25, -0.2) is 0 Å². The maximum absolute atomic E-state index is 5.22. The van der Waals surface area contributed by atoms with Crippen molar-refractivity contribution >= 4 is 27.6 Å². The molecule has 6 nitrogen and oxygen atoms in total. The van der Waals surface area contributed by atoms with Crippen molar-refractivity contribution in [2.24, 2.45) is 0 Å². The molecule has 4 rings (SSSR count). The summed E-state index contributed by atoms with van der Waals surface area (Å²) in [5, 5.41) is 20.2. The van der Waals surface area contributed by atoms with Gasteiger partial charge in [0, 0.05) is 12.0 Å². The topological polar surface area (TPSA) is 69.1 Å². The lowest BCUT2D eigenvalue weighted by Gasteiger charge is -1.96. The van der Waals surface area contributed by atoms with Crippen molar-refractivity contribution in [1.29, 1.82) is 0 Å². The van der Waals surface area contributed by atoms with Crippen LogP contribution in [0.2, 0.25) is 0 Å². The Kier molecular flexibility index (Phi) is 3.08. The summed E-state index contributed by atoms with van der Waals surface area (Å²) in [6.45, 7) is 5.95. The van der Waals surface area contributed by atoms with Crippen LogP contribution < -0.4 is 0 Å². The quantitative estimate of drug-likeness (QED) is 0.575. The molecule has 8 heteroatoms. The summed E-state index contributed by atoms with van der Waals surface area (Å²) >= 11 is 3.21. The van der Waals surface area contributed by atoms with Crippen LogP contribution in [0, 0.1) is 20.8 Å². The molecular weight excluding hydrogens is 318 g/mol. The van der Waals surface area contributed by atoms with Crippen molar-refractivity contribution in [2.45, 2.75) is 27.2 Å². The molecule has 0 aliphatic carbocycles. The molecule has 0 saturated heterocycles. The van der Waals surface area contributed by atoms with Gasteiger partial charge in [0.1, 0.15) is 10.8 Å². The number of thiophene rings is 1. The van der Waals surface area contributed by atoms with Gasteiger partial charge in [0.25, 0.3) is 0 Å². The average Bonchev–Trinajstić information content (AvgIpc) is 3.21. The fourth-order valence-corrected chi connectivity index (χ4v) is 4.12. The summed E-state index contributed by atoms with van der Waals surface area (Å²) in [4.78, 5) is 1.92. The van der Waals surface area contributed by atoms with Crippen molar-refractivity contribution < 1.29 is 4.52 Å². The highest BCUT2D eigenvalue weighted by molar-refractivity contribution is 7.16. The maximum Gasteiger partial charge on any atom is 0.235 e. The molecule has 4 heterocycles. The Morgan fingerprint density at radius 1 is 1.23 bits per heavy atom. The molecule has 4 aromatic heterocycles. The van der Waals surface area contributed by atoms with Gasteiger partial charge in [0.15, 0.2) is 5.82 Å². The Labute approximate surface area is 134 Å². The van der Waals surface area contributed by atoms with Crippen LogP contribution in [0.4, 0.5) is 0 Å². The van der Waals surface area contributed by atoms with Crippen molar-refractivity contribution in [1.82, 2.24) is 25.0 Å². The van der Waals surface area contributed by atoms with E-state index in [2.05, 4.69) is 38.8 Å². The number of hydrogen-bond donors (Lipinski definition) is 0. The van der Waals surface area contributed by atoms with Gasteiger partial charge in [-0.3, -0.25) is 0 Å². The summed E-state index contributed by atoms with van der Waals surface area (Å²) in [5.41, 5.74) is 3.20. The van der Waals surface area contributed by atoms with Gasteiger partial charge >= 0.3 is 0 Å². The van der Waals surface area contributed by atoms with Gasteiger partial charge in [-0.2, -0.15) is 9.61 Å². The number of aryl methyl sites for hydroxylation is 3. The van der Waals surface area contributed by atoms with E-state index in [1.54, 1.807) is 22.7 Å². The first kappa shape index (κ1) is 13.6. The van der Waals surface area contributed by atoms with Gasteiger partial charge in [-0.05, 0) is 37.8 Å². The van der Waals surface area contributed by atoms with Gasteiger partial charge in [0.2, 0.25) is 4.96 Å². The van der Waals surface area contributed by atoms with E-state index < -0.39 is 0 Å². The molecular formula is C14H13N5OS2. The summed E-state index contributed by atoms with van der Waals surface area (Å²) in [7, 11) is 0. The number of nitrogens with zero attached hydrogens (tertiary/aromatic N) is 5. The highest BCUT2D eigenvalue weighted by Gasteiger charge is 2.18. The molecule has 0 spiro atoms. The van der Waals surface area contributed by atoms with Crippen molar-refractivity contribution in [3.8, 4) is 10.7 Å². The second-order valence-corrected chi connectivity index (χ2v) is 7.08. The molecule has 0 aliphatic rings. The summed E-state index contributed by atoms with van der Waals surface area (Å²) < 4.78 is 7.05. The first-order valence-electron chi connectivity index (χ1n) is 6.81. The molecule has 0 radical (unpaired) electrons. The lowest BCUT2D eigenvalue weighted by atomic mass is 10.1. The number of aromatic nitrogens is 5. The molecule has 0 bridgehead atoms. The van der Waals surface area contributed by atoms with Crippen LogP contribution in [0.25, 0.3) is 15.7 Å². The predicted molar refractivity (Wildman–Crippen MR) is 85.5 cm³/mol. The lowest BCUT2D eigenvalue weighted by Crippen LogP contribution is -1.94. The van der Waals surface area contributed by atoms with E-state index in [0.29, 0.717) is 6.42 Å². The average molecular weight is 331 g/mol. The van der Waals surface area contributed by atoms with Crippen LogP contribution in [0.5, 0.6) is 0 Å². The Hall–Kier alpha value is -2.06. The highest BCUT2D eigenvalue weighted by Crippen LogP contribution is 2.29. The van der Waals surface area contributed by atoms with Crippen molar-refractivity contribution in [2.75, 3.05) is 0 Å². The molecule has 0 aromatic carbocycles. The van der Waals surface area contributed by atoms with E-state index in [-0.39, 0.29) is 0 Å². The molecule has 0 amide bonds. The fraction of sp³-hybridized carbons (Fsp3) is 0.286. The van der Waals surface area contributed by atoms with E-state index in [1.807, 2.05) is 18.4 Å². The van der Waals surface area contributed by atoms with E-state index >= 15 is 0 Å². The summed E-state index contributed by atoms with van der Waals surface area (Å²) in [6.07, 6.45) is 0.706. The monoisotopic (exact) mass is 331 g/mol. The zero-order valence-corrected chi connectivity index (χ0v) is 14.0. The minimum atomic E-state index is 0.706. The fourth-order valence-electron chi connectivity index (χ4n) is 2.38. The second-order valence-electron chi connectivity index (χ2n) is 5.13. The molecule has 112 valence electrons. The molecule has 4 aromatic rings. The summed E-state index contributed by atoms with van der Waals surface area (Å²) in [5.74, 6) is 1.65. The third-order valence-corrected chi connectivity index (χ3v) is 5.52. The number of fused-ring (bicyclic) bond motifs is 1. The van der Waals surface area contributed by atoms with Crippen LogP contribution in [0.15, 0.2) is 16.0 Å². The molecule has 0 saturated carbocycles.